The third-order valence-electron chi connectivity index (χ3n) is 4.68. The van der Waals surface area contributed by atoms with Gasteiger partial charge in [0, 0.05) is 23.2 Å². The summed E-state index contributed by atoms with van der Waals surface area (Å²) < 4.78 is 11.6. The summed E-state index contributed by atoms with van der Waals surface area (Å²) in [6.45, 7) is 3.99. The molecule has 0 spiro atoms. The van der Waals surface area contributed by atoms with E-state index in [0.717, 1.165) is 11.8 Å². The lowest BCUT2D eigenvalue weighted by molar-refractivity contribution is -0.113. The quantitative estimate of drug-likeness (QED) is 0.172. The van der Waals surface area contributed by atoms with Gasteiger partial charge in [0.2, 0.25) is 5.91 Å². The first-order valence-corrected chi connectivity index (χ1v) is 11.7. The summed E-state index contributed by atoms with van der Waals surface area (Å²) in [7, 11) is 1.31. The van der Waals surface area contributed by atoms with E-state index < -0.39 is 5.97 Å². The van der Waals surface area contributed by atoms with Gasteiger partial charge in [-0.1, -0.05) is 17.8 Å². The highest BCUT2D eigenvalue weighted by Crippen LogP contribution is 2.32. The number of ether oxygens (including phenoxy) is 1. The normalized spacial score (nSPS) is 10.8. The van der Waals surface area contributed by atoms with Crippen molar-refractivity contribution in [3.63, 3.8) is 0 Å². The number of benzene rings is 1. The molecule has 0 bridgehead atoms. The van der Waals surface area contributed by atoms with Gasteiger partial charge in [-0.15, -0.1) is 17.9 Å². The molecule has 168 valence electrons. The van der Waals surface area contributed by atoms with Crippen LogP contribution in [0.25, 0.3) is 21.5 Å². The molecule has 0 saturated carbocycles. The molecule has 0 aliphatic rings. The molecule has 10 heteroatoms. The lowest BCUT2D eigenvalue weighted by atomic mass is 10.2. The fraction of sp³-hybridized carbons (Fsp3) is 0.130. The van der Waals surface area contributed by atoms with E-state index in [1.807, 2.05) is 5.38 Å². The molecule has 3 aromatic heterocycles. The van der Waals surface area contributed by atoms with Gasteiger partial charge in [0.25, 0.3) is 5.56 Å². The second-order valence-corrected chi connectivity index (χ2v) is 8.61. The Balaban J connectivity index is 1.54. The predicted molar refractivity (Wildman–Crippen MR) is 129 cm³/mol. The standard InChI is InChI=1S/C23H19N3O5S2/c1-3-10-26-21(28)19-16(17-5-4-11-31-17)12-32-20(19)25-23(26)33-13-18(27)24-15-8-6-14(7-9-15)22(29)30-2/h3-9,11-12H,1,10,13H2,2H3,(H,24,27). The fourth-order valence-electron chi connectivity index (χ4n) is 3.15. The number of carbonyl (C=O) groups is 2. The molecule has 0 radical (unpaired) electrons. The zero-order chi connectivity index (χ0) is 23.4. The number of hydrogen-bond donors (Lipinski definition) is 1. The number of nitrogens with one attached hydrogen (secondary N) is 1. The van der Waals surface area contributed by atoms with Gasteiger partial charge in [-0.25, -0.2) is 9.78 Å². The van der Waals surface area contributed by atoms with Crippen LogP contribution in [0.5, 0.6) is 0 Å². The van der Waals surface area contributed by atoms with E-state index in [2.05, 4.69) is 21.6 Å². The Kier molecular flexibility index (Phi) is 6.76. The molecule has 0 saturated heterocycles. The van der Waals surface area contributed by atoms with E-state index in [-0.39, 0.29) is 23.8 Å². The van der Waals surface area contributed by atoms with Crippen LogP contribution in [0.1, 0.15) is 10.4 Å². The topological polar surface area (TPSA) is 103 Å². The zero-order valence-electron chi connectivity index (χ0n) is 17.6. The molecule has 0 aliphatic carbocycles. The molecule has 3 heterocycles. The number of hydrogen-bond acceptors (Lipinski definition) is 8. The maximum atomic E-state index is 13.3. The number of fused-ring (bicyclic) bond motifs is 1. The van der Waals surface area contributed by atoms with Gasteiger partial charge in [-0.05, 0) is 36.4 Å². The lowest BCUT2D eigenvalue weighted by Gasteiger charge is -2.11. The minimum absolute atomic E-state index is 0.0459. The van der Waals surface area contributed by atoms with E-state index >= 15 is 0 Å². The first kappa shape index (κ1) is 22.6. The Hall–Kier alpha value is -3.63. The van der Waals surface area contributed by atoms with Crippen LogP contribution in [-0.4, -0.2) is 34.3 Å². The van der Waals surface area contributed by atoms with Crippen LogP contribution in [0.3, 0.4) is 0 Å². The van der Waals surface area contributed by atoms with E-state index in [0.29, 0.717) is 37.9 Å². The van der Waals surface area contributed by atoms with E-state index in [9.17, 15) is 14.4 Å². The van der Waals surface area contributed by atoms with Crippen LogP contribution in [0.4, 0.5) is 5.69 Å². The third-order valence-corrected chi connectivity index (χ3v) is 6.53. The van der Waals surface area contributed by atoms with Gasteiger partial charge in [0.15, 0.2) is 5.16 Å². The van der Waals surface area contributed by atoms with Crippen LogP contribution in [0.15, 0.2) is 75.1 Å². The number of aromatic nitrogens is 2. The number of carbonyl (C=O) groups excluding carboxylic acids is 2. The van der Waals surface area contributed by atoms with Crippen molar-refractivity contribution in [3.8, 4) is 11.3 Å². The summed E-state index contributed by atoms with van der Waals surface area (Å²) >= 11 is 2.51. The number of furan rings is 1. The summed E-state index contributed by atoms with van der Waals surface area (Å²) in [5, 5.41) is 5.52. The Bertz CT molecular complexity index is 1370. The number of thiophene rings is 1. The highest BCUT2D eigenvalue weighted by atomic mass is 32.2. The van der Waals surface area contributed by atoms with Gasteiger partial charge >= 0.3 is 5.97 Å². The second kappa shape index (κ2) is 9.88. The van der Waals surface area contributed by atoms with Crippen molar-refractivity contribution in [3.05, 3.63) is 76.6 Å². The smallest absolute Gasteiger partial charge is 0.337 e. The molecule has 0 aliphatic heterocycles. The molecule has 1 aromatic carbocycles. The van der Waals surface area contributed by atoms with Crippen LogP contribution in [0, 0.1) is 0 Å². The summed E-state index contributed by atoms with van der Waals surface area (Å²) in [6, 6.07) is 9.94. The van der Waals surface area contributed by atoms with Crippen molar-refractivity contribution >= 4 is 50.9 Å². The first-order chi connectivity index (χ1) is 16.0. The molecular formula is C23H19N3O5S2. The second-order valence-electron chi connectivity index (χ2n) is 6.81. The Labute approximate surface area is 196 Å². The Morgan fingerprint density at radius 1 is 1.30 bits per heavy atom. The van der Waals surface area contributed by atoms with Crippen molar-refractivity contribution in [1.82, 2.24) is 9.55 Å². The van der Waals surface area contributed by atoms with E-state index in [1.165, 1.54) is 23.0 Å². The number of thioether (sulfide) groups is 1. The number of esters is 1. The van der Waals surface area contributed by atoms with Gasteiger partial charge in [0.05, 0.1) is 30.1 Å². The summed E-state index contributed by atoms with van der Waals surface area (Å²) in [6.07, 6.45) is 3.17. The van der Waals surface area contributed by atoms with Crippen molar-refractivity contribution < 1.29 is 18.7 Å². The maximum Gasteiger partial charge on any atom is 0.337 e. The number of methoxy groups -OCH3 is 1. The number of rotatable bonds is 8. The Morgan fingerprint density at radius 2 is 2.09 bits per heavy atom. The highest BCUT2D eigenvalue weighted by molar-refractivity contribution is 7.99. The number of allylic oxidation sites excluding steroid dienone is 1. The zero-order valence-corrected chi connectivity index (χ0v) is 19.2. The molecule has 0 unspecified atom stereocenters. The molecule has 0 fully saturated rings. The third kappa shape index (κ3) is 4.76. The van der Waals surface area contributed by atoms with E-state index in [4.69, 9.17) is 4.42 Å². The van der Waals surface area contributed by atoms with Crippen molar-refractivity contribution in [2.75, 3.05) is 18.2 Å². The average Bonchev–Trinajstić information content (AvgIpc) is 3.50. The maximum absolute atomic E-state index is 13.3. The molecule has 4 aromatic rings. The molecule has 4 rings (SSSR count). The average molecular weight is 482 g/mol. The van der Waals surface area contributed by atoms with Gasteiger partial charge < -0.3 is 14.5 Å². The van der Waals surface area contributed by atoms with Crippen molar-refractivity contribution in [1.29, 1.82) is 0 Å². The molecule has 0 atom stereocenters. The van der Waals surface area contributed by atoms with Crippen LogP contribution in [-0.2, 0) is 16.1 Å². The van der Waals surface area contributed by atoms with Gasteiger partial charge in [-0.3, -0.25) is 14.2 Å². The van der Waals surface area contributed by atoms with Crippen LogP contribution in [0.2, 0.25) is 0 Å². The van der Waals surface area contributed by atoms with Gasteiger partial charge in [-0.2, -0.15) is 0 Å². The summed E-state index contributed by atoms with van der Waals surface area (Å²) in [5.74, 6) is -0.0745. The minimum Gasteiger partial charge on any atom is -0.465 e. The van der Waals surface area contributed by atoms with Crippen molar-refractivity contribution in [2.45, 2.75) is 11.7 Å². The Morgan fingerprint density at radius 3 is 2.76 bits per heavy atom. The first-order valence-electron chi connectivity index (χ1n) is 9.79. The fourth-order valence-corrected chi connectivity index (χ4v) is 4.93. The van der Waals surface area contributed by atoms with Gasteiger partial charge in [0.1, 0.15) is 10.6 Å². The molecule has 8 nitrogen and oxygen atoms in total. The molecular weight excluding hydrogens is 462 g/mol. The minimum atomic E-state index is -0.450. The molecule has 1 amide bonds. The van der Waals surface area contributed by atoms with E-state index in [1.54, 1.807) is 48.7 Å². The van der Waals surface area contributed by atoms with Crippen molar-refractivity contribution in [2.24, 2.45) is 0 Å². The molecule has 1 N–H and O–H groups in total. The monoisotopic (exact) mass is 481 g/mol. The number of nitrogens with zero attached hydrogens (tertiary/aromatic N) is 2. The highest BCUT2D eigenvalue weighted by Gasteiger charge is 2.19. The van der Waals surface area contributed by atoms with Crippen LogP contribution >= 0.6 is 23.1 Å². The number of amides is 1. The SMILES string of the molecule is C=CCn1c(SCC(=O)Nc2ccc(C(=O)OC)cc2)nc2scc(-c3ccco3)c2c1=O. The largest absolute Gasteiger partial charge is 0.465 e. The molecule has 33 heavy (non-hydrogen) atoms. The predicted octanol–water partition coefficient (Wildman–Crippen LogP) is 4.42. The van der Waals surface area contributed by atoms with Crippen LogP contribution < -0.4 is 10.9 Å². The number of anilines is 1. The lowest BCUT2D eigenvalue weighted by Crippen LogP contribution is -2.23. The summed E-state index contributed by atoms with van der Waals surface area (Å²) in [5.41, 5.74) is 1.41. The summed E-state index contributed by atoms with van der Waals surface area (Å²) in [4.78, 5) is 42.4.